The molecule has 100 valence electrons. The molecular formula is C13H20N2O3. The quantitative estimate of drug-likeness (QED) is 0.625. The highest BCUT2D eigenvalue weighted by Crippen LogP contribution is 2.30. The van der Waals surface area contributed by atoms with Gasteiger partial charge in [0.15, 0.2) is 0 Å². The molecule has 1 aliphatic rings. The van der Waals surface area contributed by atoms with Gasteiger partial charge in [-0.2, -0.15) is 0 Å². The molecule has 1 fully saturated rings. The van der Waals surface area contributed by atoms with Crippen LogP contribution in [-0.4, -0.2) is 53.0 Å². The highest BCUT2D eigenvalue weighted by atomic mass is 16.3. The number of rotatable bonds is 4. The number of aliphatic hydroxyl groups excluding tert-OH is 1. The van der Waals surface area contributed by atoms with Crippen LogP contribution in [0.25, 0.3) is 0 Å². The maximum atomic E-state index is 9.56. The Balaban J connectivity index is 2.22. The number of phenolic OH excluding ortho intramolecular Hbond substituents is 2. The Hall–Kier alpha value is -1.30. The van der Waals surface area contributed by atoms with Crippen LogP contribution in [0.1, 0.15) is 18.0 Å². The first kappa shape index (κ1) is 13.1. The van der Waals surface area contributed by atoms with Crippen molar-refractivity contribution in [1.29, 1.82) is 0 Å². The maximum Gasteiger partial charge on any atom is 0.119 e. The summed E-state index contributed by atoms with van der Waals surface area (Å²) >= 11 is 0. The van der Waals surface area contributed by atoms with E-state index in [0.29, 0.717) is 6.42 Å². The van der Waals surface area contributed by atoms with Gasteiger partial charge in [-0.05, 0) is 24.1 Å². The molecule has 1 saturated heterocycles. The van der Waals surface area contributed by atoms with Crippen LogP contribution in [0.2, 0.25) is 0 Å². The predicted octanol–water partition coefficient (Wildman–Crippen LogP) is 0.426. The van der Waals surface area contributed by atoms with Gasteiger partial charge >= 0.3 is 0 Å². The van der Waals surface area contributed by atoms with Crippen molar-refractivity contribution < 1.29 is 15.3 Å². The van der Waals surface area contributed by atoms with Crippen LogP contribution in [0.5, 0.6) is 11.5 Å². The van der Waals surface area contributed by atoms with Gasteiger partial charge in [0.05, 0.1) is 0 Å². The zero-order valence-corrected chi connectivity index (χ0v) is 10.3. The number of hydrogen-bond acceptors (Lipinski definition) is 5. The minimum atomic E-state index is 0.0371. The van der Waals surface area contributed by atoms with E-state index in [4.69, 9.17) is 0 Å². The Labute approximate surface area is 107 Å². The molecule has 1 aromatic rings. The summed E-state index contributed by atoms with van der Waals surface area (Å²) in [5.41, 5.74) is 0.850. The van der Waals surface area contributed by atoms with Crippen molar-refractivity contribution in [2.75, 3.05) is 32.8 Å². The second-order valence-electron chi connectivity index (χ2n) is 4.60. The number of aromatic hydroxyl groups is 2. The van der Waals surface area contributed by atoms with Crippen LogP contribution >= 0.6 is 0 Å². The van der Waals surface area contributed by atoms with Crippen LogP contribution in [0, 0.1) is 0 Å². The average molecular weight is 252 g/mol. The van der Waals surface area contributed by atoms with Gasteiger partial charge in [-0.1, -0.05) is 0 Å². The molecule has 0 saturated carbocycles. The number of hydrogen-bond donors (Lipinski definition) is 4. The molecule has 0 spiro atoms. The lowest BCUT2D eigenvalue weighted by Gasteiger charge is -2.35. The normalized spacial score (nSPS) is 18.7. The van der Waals surface area contributed by atoms with Gasteiger partial charge in [0.2, 0.25) is 0 Å². The smallest absolute Gasteiger partial charge is 0.119 e. The molecule has 5 heteroatoms. The van der Waals surface area contributed by atoms with Crippen molar-refractivity contribution in [3.63, 3.8) is 0 Å². The molecule has 1 heterocycles. The van der Waals surface area contributed by atoms with E-state index in [1.807, 2.05) is 0 Å². The molecule has 0 radical (unpaired) electrons. The van der Waals surface area contributed by atoms with Gasteiger partial charge in [0, 0.05) is 44.9 Å². The summed E-state index contributed by atoms with van der Waals surface area (Å²) in [6, 6.07) is 4.66. The first-order valence-corrected chi connectivity index (χ1v) is 6.29. The van der Waals surface area contributed by atoms with Crippen molar-refractivity contribution in [2.45, 2.75) is 12.5 Å². The predicted molar refractivity (Wildman–Crippen MR) is 68.7 cm³/mol. The molecule has 1 aromatic carbocycles. The SMILES string of the molecule is OCC[C@H](c1cc(O)cc(O)c1)N1CCNCC1. The zero-order valence-electron chi connectivity index (χ0n) is 10.3. The molecule has 2 rings (SSSR count). The summed E-state index contributed by atoms with van der Waals surface area (Å²) in [7, 11) is 0. The third-order valence-electron chi connectivity index (χ3n) is 3.30. The minimum absolute atomic E-state index is 0.0371. The summed E-state index contributed by atoms with van der Waals surface area (Å²) in [5.74, 6) is 0.117. The average Bonchev–Trinajstić information content (AvgIpc) is 2.36. The van der Waals surface area contributed by atoms with Crippen LogP contribution in [-0.2, 0) is 0 Å². The summed E-state index contributed by atoms with van der Waals surface area (Å²) in [6.07, 6.45) is 0.600. The molecule has 0 aromatic heterocycles. The van der Waals surface area contributed by atoms with Crippen LogP contribution in [0.15, 0.2) is 18.2 Å². The Morgan fingerprint density at radius 1 is 1.11 bits per heavy atom. The molecular weight excluding hydrogens is 232 g/mol. The molecule has 4 N–H and O–H groups in total. The fourth-order valence-electron chi connectivity index (χ4n) is 2.49. The topological polar surface area (TPSA) is 76.0 Å². The Bertz CT molecular complexity index is 372. The molecule has 0 unspecified atom stereocenters. The first-order chi connectivity index (χ1) is 8.70. The maximum absolute atomic E-state index is 9.56. The van der Waals surface area contributed by atoms with Crippen LogP contribution < -0.4 is 5.32 Å². The van der Waals surface area contributed by atoms with E-state index in [-0.39, 0.29) is 24.1 Å². The van der Waals surface area contributed by atoms with Crippen LogP contribution in [0.4, 0.5) is 0 Å². The number of nitrogens with one attached hydrogen (secondary N) is 1. The fourth-order valence-corrected chi connectivity index (χ4v) is 2.49. The summed E-state index contributed by atoms with van der Waals surface area (Å²) < 4.78 is 0. The monoisotopic (exact) mass is 252 g/mol. The molecule has 1 atom stereocenters. The third kappa shape index (κ3) is 3.13. The Morgan fingerprint density at radius 3 is 2.28 bits per heavy atom. The van der Waals surface area contributed by atoms with E-state index in [0.717, 1.165) is 31.7 Å². The fraction of sp³-hybridized carbons (Fsp3) is 0.538. The Morgan fingerprint density at radius 2 is 1.72 bits per heavy atom. The lowest BCUT2D eigenvalue weighted by Crippen LogP contribution is -2.45. The number of aliphatic hydroxyl groups is 1. The second kappa shape index (κ2) is 6.04. The number of nitrogens with zero attached hydrogens (tertiary/aromatic N) is 1. The molecule has 1 aliphatic heterocycles. The molecule has 0 amide bonds. The van der Waals surface area contributed by atoms with Crippen molar-refractivity contribution >= 4 is 0 Å². The van der Waals surface area contributed by atoms with E-state index in [1.54, 1.807) is 12.1 Å². The number of piperazine rings is 1. The van der Waals surface area contributed by atoms with E-state index in [1.165, 1.54) is 6.07 Å². The van der Waals surface area contributed by atoms with Gasteiger partial charge < -0.3 is 20.6 Å². The van der Waals surface area contributed by atoms with Crippen molar-refractivity contribution in [2.24, 2.45) is 0 Å². The molecule has 0 aliphatic carbocycles. The van der Waals surface area contributed by atoms with E-state index in [2.05, 4.69) is 10.2 Å². The van der Waals surface area contributed by atoms with Gasteiger partial charge in [0.25, 0.3) is 0 Å². The van der Waals surface area contributed by atoms with E-state index >= 15 is 0 Å². The number of phenols is 2. The highest BCUT2D eigenvalue weighted by Gasteiger charge is 2.22. The van der Waals surface area contributed by atoms with Crippen LogP contribution in [0.3, 0.4) is 0 Å². The minimum Gasteiger partial charge on any atom is -0.508 e. The van der Waals surface area contributed by atoms with Gasteiger partial charge in [-0.3, -0.25) is 4.90 Å². The lowest BCUT2D eigenvalue weighted by molar-refractivity contribution is 0.141. The van der Waals surface area contributed by atoms with Gasteiger partial charge in [0.1, 0.15) is 11.5 Å². The highest BCUT2D eigenvalue weighted by molar-refractivity contribution is 5.38. The standard InChI is InChI=1S/C13H20N2O3/c16-6-1-13(15-4-2-14-3-5-15)10-7-11(17)9-12(18)8-10/h7-9,13-14,16-18H,1-6H2/t13-/m1/s1. The second-order valence-corrected chi connectivity index (χ2v) is 4.60. The zero-order chi connectivity index (χ0) is 13.0. The molecule has 5 nitrogen and oxygen atoms in total. The Kier molecular flexibility index (Phi) is 4.41. The van der Waals surface area contributed by atoms with Crippen molar-refractivity contribution in [1.82, 2.24) is 10.2 Å². The third-order valence-corrected chi connectivity index (χ3v) is 3.30. The largest absolute Gasteiger partial charge is 0.508 e. The van der Waals surface area contributed by atoms with Gasteiger partial charge in [-0.15, -0.1) is 0 Å². The van der Waals surface area contributed by atoms with Gasteiger partial charge in [-0.25, -0.2) is 0 Å². The van der Waals surface area contributed by atoms with E-state index < -0.39 is 0 Å². The molecule has 18 heavy (non-hydrogen) atoms. The molecule has 0 bridgehead atoms. The van der Waals surface area contributed by atoms with E-state index in [9.17, 15) is 15.3 Å². The lowest BCUT2D eigenvalue weighted by atomic mass is 10.0. The number of benzene rings is 1. The summed E-state index contributed by atoms with van der Waals surface area (Å²) in [6.45, 7) is 3.74. The summed E-state index contributed by atoms with van der Waals surface area (Å²) in [4.78, 5) is 2.26. The van der Waals surface area contributed by atoms with Crippen molar-refractivity contribution in [3.8, 4) is 11.5 Å². The van der Waals surface area contributed by atoms with Crippen molar-refractivity contribution in [3.05, 3.63) is 23.8 Å². The summed E-state index contributed by atoms with van der Waals surface area (Å²) in [5, 5.41) is 31.6. The first-order valence-electron chi connectivity index (χ1n) is 6.29.